The first-order valence-electron chi connectivity index (χ1n) is 10.3. The van der Waals surface area contributed by atoms with Crippen LogP contribution in [0.5, 0.6) is 5.75 Å². The van der Waals surface area contributed by atoms with Gasteiger partial charge in [0.2, 0.25) is 0 Å². The van der Waals surface area contributed by atoms with Crippen LogP contribution in [0.25, 0.3) is 0 Å². The molecule has 2 amide bonds. The molecule has 0 aliphatic heterocycles. The van der Waals surface area contributed by atoms with Gasteiger partial charge in [0.05, 0.1) is 18.0 Å². The van der Waals surface area contributed by atoms with Crippen molar-refractivity contribution in [1.29, 1.82) is 0 Å². The topological polar surface area (TPSA) is 101 Å². The molecule has 0 fully saturated rings. The number of halogens is 1. The molecule has 0 spiro atoms. The number of carbonyl (C=O) groups excluding carboxylic acids is 2. The quantitative estimate of drug-likeness (QED) is 0.252. The average Bonchev–Trinajstić information content (AvgIpc) is 2.75. The van der Waals surface area contributed by atoms with Crippen LogP contribution in [-0.4, -0.2) is 42.6 Å². The lowest BCUT2D eigenvalue weighted by Crippen LogP contribution is -2.37. The normalized spacial score (nSPS) is 11.2. The van der Waals surface area contributed by atoms with Gasteiger partial charge < -0.3 is 20.1 Å². The molecule has 2 rings (SSSR count). The summed E-state index contributed by atoms with van der Waals surface area (Å²) in [4.78, 5) is 23.8. The van der Waals surface area contributed by atoms with Crippen LogP contribution in [0.15, 0.2) is 58.8 Å². The van der Waals surface area contributed by atoms with Crippen LogP contribution >= 0.6 is 15.9 Å². The maximum atomic E-state index is 12.2. The predicted octanol–water partition coefficient (Wildman–Crippen LogP) is 5.52. The molecule has 0 atom stereocenters. The Bertz CT molecular complexity index is 894. The molecule has 0 saturated carbocycles. The molecule has 2 aromatic carbocycles. The average molecular weight is 505 g/mol. The van der Waals surface area contributed by atoms with E-state index in [-0.39, 0.29) is 19.0 Å². The van der Waals surface area contributed by atoms with E-state index < -0.39 is 11.7 Å². The second-order valence-electron chi connectivity index (χ2n) is 7.82. The molecule has 8 nitrogen and oxygen atoms in total. The van der Waals surface area contributed by atoms with Crippen molar-refractivity contribution in [3.63, 3.8) is 0 Å². The monoisotopic (exact) mass is 504 g/mol. The fourth-order valence-electron chi connectivity index (χ4n) is 2.41. The lowest BCUT2D eigenvalue weighted by Gasteiger charge is -2.19. The second-order valence-corrected chi connectivity index (χ2v) is 8.61. The predicted molar refractivity (Wildman–Crippen MR) is 128 cm³/mol. The lowest BCUT2D eigenvalue weighted by molar-refractivity contribution is 0.0526. The highest BCUT2D eigenvalue weighted by Crippen LogP contribution is 2.21. The maximum absolute atomic E-state index is 12.2. The van der Waals surface area contributed by atoms with E-state index in [2.05, 4.69) is 36.8 Å². The van der Waals surface area contributed by atoms with Gasteiger partial charge in [0.15, 0.2) is 0 Å². The summed E-state index contributed by atoms with van der Waals surface area (Å²) in [6.45, 7) is 6.58. The van der Waals surface area contributed by atoms with Gasteiger partial charge in [-0.2, -0.15) is 10.2 Å². The number of alkyl halides is 1. The van der Waals surface area contributed by atoms with Crippen molar-refractivity contribution in [3.8, 4) is 5.75 Å². The number of nitrogens with one attached hydrogen (secondary N) is 2. The summed E-state index contributed by atoms with van der Waals surface area (Å²) in [7, 11) is 0. The van der Waals surface area contributed by atoms with Crippen molar-refractivity contribution in [2.24, 2.45) is 10.2 Å². The minimum Gasteiger partial charge on any atom is -0.494 e. The molecular formula is C23H29BrN4O4. The number of carbonyl (C=O) groups is 2. The van der Waals surface area contributed by atoms with E-state index in [1.807, 2.05) is 24.3 Å². The number of nitrogens with zero attached hydrogens (tertiary/aromatic N) is 2. The van der Waals surface area contributed by atoms with E-state index in [1.165, 1.54) is 0 Å². The number of hydrogen-bond donors (Lipinski definition) is 2. The molecule has 0 aliphatic rings. The minimum absolute atomic E-state index is 0.241. The summed E-state index contributed by atoms with van der Waals surface area (Å²) in [5.74, 6) is 0.552. The van der Waals surface area contributed by atoms with Crippen LogP contribution in [0.3, 0.4) is 0 Å². The van der Waals surface area contributed by atoms with Gasteiger partial charge in [-0.25, -0.2) is 4.79 Å². The van der Waals surface area contributed by atoms with Gasteiger partial charge in [0.1, 0.15) is 11.4 Å². The van der Waals surface area contributed by atoms with E-state index in [0.29, 0.717) is 23.5 Å². The second kappa shape index (κ2) is 12.8. The van der Waals surface area contributed by atoms with Crippen LogP contribution in [-0.2, 0) is 4.74 Å². The zero-order chi connectivity index (χ0) is 23.4. The summed E-state index contributed by atoms with van der Waals surface area (Å²) in [5.41, 5.74) is 1.27. The number of hydrogen-bond acceptors (Lipinski definition) is 6. The zero-order valence-electron chi connectivity index (χ0n) is 18.6. The van der Waals surface area contributed by atoms with Crippen molar-refractivity contribution in [1.82, 2.24) is 10.6 Å². The number of azo groups is 1. The van der Waals surface area contributed by atoms with Gasteiger partial charge >= 0.3 is 6.09 Å². The summed E-state index contributed by atoms with van der Waals surface area (Å²) < 4.78 is 10.7. The van der Waals surface area contributed by atoms with Crippen molar-refractivity contribution in [3.05, 3.63) is 54.1 Å². The molecular weight excluding hydrogens is 476 g/mol. The third kappa shape index (κ3) is 9.91. The number of benzene rings is 2. The van der Waals surface area contributed by atoms with E-state index in [4.69, 9.17) is 9.47 Å². The van der Waals surface area contributed by atoms with Gasteiger partial charge in [-0.1, -0.05) is 15.9 Å². The zero-order valence-corrected chi connectivity index (χ0v) is 20.1. The lowest BCUT2D eigenvalue weighted by atomic mass is 10.2. The van der Waals surface area contributed by atoms with Gasteiger partial charge in [-0.15, -0.1) is 0 Å². The first kappa shape index (κ1) is 25.3. The molecule has 172 valence electrons. The molecule has 2 N–H and O–H groups in total. The van der Waals surface area contributed by atoms with Gasteiger partial charge in [-0.05, 0) is 75.7 Å². The van der Waals surface area contributed by atoms with Crippen molar-refractivity contribution in [2.75, 3.05) is 25.0 Å². The van der Waals surface area contributed by atoms with E-state index >= 15 is 0 Å². The van der Waals surface area contributed by atoms with Gasteiger partial charge in [-0.3, -0.25) is 4.79 Å². The standard InChI is InChI=1S/C23H29BrN4O4/c1-23(2,3)32-22(30)26-15-14-25-21(29)17-5-7-18(8-6-17)27-28-19-9-11-20(12-10-19)31-16-4-13-24/h5-12H,4,13-16H2,1-3H3,(H,25,29)(H,26,30). The molecule has 0 saturated heterocycles. The Morgan fingerprint density at radius 2 is 1.47 bits per heavy atom. The minimum atomic E-state index is -0.558. The van der Waals surface area contributed by atoms with Crippen LogP contribution in [0.4, 0.5) is 16.2 Å². The number of rotatable bonds is 10. The fraction of sp³-hybridized carbons (Fsp3) is 0.391. The Labute approximate surface area is 196 Å². The van der Waals surface area contributed by atoms with Crippen molar-refractivity contribution in [2.45, 2.75) is 32.8 Å². The van der Waals surface area contributed by atoms with E-state index in [9.17, 15) is 9.59 Å². The van der Waals surface area contributed by atoms with Crippen LogP contribution in [0.1, 0.15) is 37.6 Å². The molecule has 0 heterocycles. The summed E-state index contributed by atoms with van der Waals surface area (Å²) in [6.07, 6.45) is 0.427. The van der Waals surface area contributed by atoms with Gasteiger partial charge in [0, 0.05) is 24.0 Å². The third-order valence-corrected chi connectivity index (χ3v) is 4.43. The Balaban J connectivity index is 1.77. The Morgan fingerprint density at radius 1 is 0.906 bits per heavy atom. The largest absolute Gasteiger partial charge is 0.494 e. The highest BCUT2D eigenvalue weighted by atomic mass is 79.9. The molecule has 2 aromatic rings. The molecule has 0 aliphatic carbocycles. The first-order valence-corrected chi connectivity index (χ1v) is 11.4. The summed E-state index contributed by atoms with van der Waals surface area (Å²) in [6, 6.07) is 14.2. The molecule has 32 heavy (non-hydrogen) atoms. The summed E-state index contributed by atoms with van der Waals surface area (Å²) in [5, 5.41) is 14.6. The Kier molecular flexibility index (Phi) is 10.1. The first-order chi connectivity index (χ1) is 15.3. The van der Waals surface area contributed by atoms with Crippen molar-refractivity contribution < 1.29 is 19.1 Å². The van der Waals surface area contributed by atoms with Crippen LogP contribution in [0.2, 0.25) is 0 Å². The molecule has 9 heteroatoms. The third-order valence-electron chi connectivity index (χ3n) is 3.87. The molecule has 0 unspecified atom stereocenters. The highest BCUT2D eigenvalue weighted by molar-refractivity contribution is 9.09. The smallest absolute Gasteiger partial charge is 0.407 e. The Hall–Kier alpha value is -2.94. The summed E-state index contributed by atoms with van der Waals surface area (Å²) >= 11 is 3.37. The highest BCUT2D eigenvalue weighted by Gasteiger charge is 2.15. The SMILES string of the molecule is CC(C)(C)OC(=O)NCCNC(=O)c1ccc(N=Nc2ccc(OCCCBr)cc2)cc1. The Morgan fingerprint density at radius 3 is 2.03 bits per heavy atom. The maximum Gasteiger partial charge on any atom is 0.407 e. The molecule has 0 radical (unpaired) electrons. The number of amides is 2. The van der Waals surface area contributed by atoms with Gasteiger partial charge in [0.25, 0.3) is 5.91 Å². The van der Waals surface area contributed by atoms with E-state index in [1.54, 1.807) is 45.0 Å². The van der Waals surface area contributed by atoms with Crippen molar-refractivity contribution >= 4 is 39.3 Å². The van der Waals surface area contributed by atoms with Crippen LogP contribution in [0, 0.1) is 0 Å². The number of alkyl carbamates (subject to hydrolysis) is 1. The molecule has 0 aromatic heterocycles. The molecule has 0 bridgehead atoms. The number of ether oxygens (including phenoxy) is 2. The van der Waals surface area contributed by atoms with E-state index in [0.717, 1.165) is 17.5 Å². The fourth-order valence-corrected chi connectivity index (χ4v) is 2.63. The van der Waals surface area contributed by atoms with Crippen LogP contribution < -0.4 is 15.4 Å².